The number of aromatic nitrogens is 3. The molecular formula is C14H17N5O6S. The zero-order valence-corrected chi connectivity index (χ0v) is 15.0. The van der Waals surface area contributed by atoms with Crippen molar-refractivity contribution in [3.8, 4) is 11.8 Å². The number of hydrogen-bond acceptors (Lipinski definition) is 8. The molecule has 0 aliphatic carbocycles. The number of para-hydroxylation sites is 1. The van der Waals surface area contributed by atoms with Gasteiger partial charge in [0.1, 0.15) is 17.3 Å². The summed E-state index contributed by atoms with van der Waals surface area (Å²) in [5, 5.41) is 6.03. The number of Topliss-reactive ketones (excluding diaryl/α,β-unsaturated/α-hetero) is 1. The fourth-order valence-electron chi connectivity index (χ4n) is 1.88. The maximum Gasteiger partial charge on any atom is 0.335 e. The Morgan fingerprint density at radius 1 is 1.27 bits per heavy atom. The van der Waals surface area contributed by atoms with Crippen LogP contribution >= 0.6 is 0 Å². The maximum absolute atomic E-state index is 12.4. The number of nitrogens with zero attached hydrogens (tertiary/aromatic N) is 3. The Hall–Kier alpha value is -3.15. The highest BCUT2D eigenvalue weighted by molar-refractivity contribution is 7.90. The molecule has 0 spiro atoms. The highest BCUT2D eigenvalue weighted by atomic mass is 32.2. The Kier molecular flexibility index (Phi) is 5.77. The van der Waals surface area contributed by atoms with Crippen molar-refractivity contribution in [2.24, 2.45) is 7.05 Å². The molecule has 0 fully saturated rings. The minimum absolute atomic E-state index is 0.0550. The van der Waals surface area contributed by atoms with Crippen LogP contribution in [0.25, 0.3) is 0 Å². The molecule has 0 atom stereocenters. The van der Waals surface area contributed by atoms with E-state index in [0.717, 1.165) is 0 Å². The zero-order valence-electron chi connectivity index (χ0n) is 14.2. The third kappa shape index (κ3) is 4.69. The highest BCUT2D eigenvalue weighted by Gasteiger charge is 2.23. The number of carbonyl (C=O) groups excluding carboxylic acids is 2. The van der Waals surface area contributed by atoms with Gasteiger partial charge in [0.15, 0.2) is 5.78 Å². The van der Waals surface area contributed by atoms with Crippen LogP contribution in [-0.4, -0.2) is 48.7 Å². The average Bonchev–Trinajstić information content (AvgIpc) is 2.91. The van der Waals surface area contributed by atoms with Crippen LogP contribution < -0.4 is 19.5 Å². The van der Waals surface area contributed by atoms with Gasteiger partial charge in [-0.3, -0.25) is 10.1 Å². The smallest absolute Gasteiger partial charge is 0.335 e. The lowest BCUT2D eigenvalue weighted by atomic mass is 10.3. The first kappa shape index (κ1) is 19.2. The normalized spacial score (nSPS) is 10.9. The van der Waals surface area contributed by atoms with E-state index in [1.165, 1.54) is 44.0 Å². The van der Waals surface area contributed by atoms with E-state index in [-0.39, 0.29) is 35.0 Å². The Morgan fingerprint density at radius 2 is 1.96 bits per heavy atom. The van der Waals surface area contributed by atoms with E-state index in [1.54, 1.807) is 6.07 Å². The van der Waals surface area contributed by atoms with Crippen molar-refractivity contribution in [3.63, 3.8) is 0 Å². The molecule has 0 saturated heterocycles. The number of rotatable bonds is 7. The van der Waals surface area contributed by atoms with Crippen LogP contribution in [0.5, 0.6) is 11.8 Å². The Balaban J connectivity index is 2.15. The number of aryl methyl sites for hydroxylation is 1. The molecular weight excluding hydrogens is 366 g/mol. The van der Waals surface area contributed by atoms with Crippen molar-refractivity contribution in [2.75, 3.05) is 19.0 Å². The van der Waals surface area contributed by atoms with Gasteiger partial charge in [0.2, 0.25) is 0 Å². The zero-order chi connectivity index (χ0) is 19.3. The quantitative estimate of drug-likeness (QED) is 0.695. The molecule has 1 aromatic heterocycles. The summed E-state index contributed by atoms with van der Waals surface area (Å²) < 4.78 is 38.0. The van der Waals surface area contributed by atoms with Gasteiger partial charge in [-0.05, 0) is 19.1 Å². The van der Waals surface area contributed by atoms with Crippen molar-refractivity contribution in [1.82, 2.24) is 19.5 Å². The fourth-order valence-corrected chi connectivity index (χ4v) is 2.93. The molecule has 0 unspecified atom stereocenters. The molecule has 140 valence electrons. The number of nitrogens with one attached hydrogen (secondary N) is 2. The van der Waals surface area contributed by atoms with E-state index in [1.807, 2.05) is 4.72 Å². The monoisotopic (exact) mass is 383 g/mol. The number of ketones is 1. The number of carbonyl (C=O) groups is 2. The van der Waals surface area contributed by atoms with E-state index >= 15 is 0 Å². The summed E-state index contributed by atoms with van der Waals surface area (Å²) in [7, 11) is -1.35. The fraction of sp³-hybridized carbons (Fsp3) is 0.286. The molecule has 0 saturated carbocycles. The van der Waals surface area contributed by atoms with Crippen LogP contribution in [0.1, 0.15) is 6.92 Å². The van der Waals surface area contributed by atoms with E-state index in [4.69, 9.17) is 9.47 Å². The van der Waals surface area contributed by atoms with Crippen LogP contribution in [0.15, 0.2) is 29.2 Å². The molecule has 0 aliphatic heterocycles. The van der Waals surface area contributed by atoms with Crippen molar-refractivity contribution in [1.29, 1.82) is 0 Å². The largest absolute Gasteiger partial charge is 0.484 e. The first-order chi connectivity index (χ1) is 12.2. The van der Waals surface area contributed by atoms with E-state index in [0.29, 0.717) is 0 Å². The van der Waals surface area contributed by atoms with E-state index in [2.05, 4.69) is 15.4 Å². The molecule has 2 aromatic rings. The molecule has 2 rings (SSSR count). The van der Waals surface area contributed by atoms with Crippen LogP contribution in [0.3, 0.4) is 0 Å². The molecule has 2 amide bonds. The first-order valence-electron chi connectivity index (χ1n) is 7.23. The highest BCUT2D eigenvalue weighted by Crippen LogP contribution is 2.23. The molecule has 11 nitrogen and oxygen atoms in total. The predicted molar refractivity (Wildman–Crippen MR) is 89.5 cm³/mol. The Morgan fingerprint density at radius 3 is 2.58 bits per heavy atom. The van der Waals surface area contributed by atoms with E-state index in [9.17, 15) is 18.0 Å². The van der Waals surface area contributed by atoms with Crippen molar-refractivity contribution in [2.45, 2.75) is 11.8 Å². The molecule has 0 bridgehead atoms. The molecule has 0 aliphatic rings. The lowest BCUT2D eigenvalue weighted by molar-refractivity contribution is -0.118. The summed E-state index contributed by atoms with van der Waals surface area (Å²) in [6.07, 6.45) is 0. The summed E-state index contributed by atoms with van der Waals surface area (Å²) in [5.74, 6) is -0.475. The second-order valence-corrected chi connectivity index (χ2v) is 6.69. The summed E-state index contributed by atoms with van der Waals surface area (Å²) in [6, 6.07) is 4.68. The lowest BCUT2D eigenvalue weighted by Gasteiger charge is -2.11. The number of methoxy groups -OCH3 is 1. The number of amides is 2. The van der Waals surface area contributed by atoms with Gasteiger partial charge in [-0.1, -0.05) is 12.1 Å². The van der Waals surface area contributed by atoms with E-state index < -0.39 is 16.1 Å². The first-order valence-corrected chi connectivity index (χ1v) is 8.71. The number of anilines is 1. The minimum atomic E-state index is -4.26. The van der Waals surface area contributed by atoms with Gasteiger partial charge < -0.3 is 9.47 Å². The van der Waals surface area contributed by atoms with Crippen LogP contribution in [0.2, 0.25) is 0 Å². The van der Waals surface area contributed by atoms with Crippen LogP contribution in [0.4, 0.5) is 10.7 Å². The van der Waals surface area contributed by atoms with Crippen LogP contribution in [-0.2, 0) is 21.9 Å². The summed E-state index contributed by atoms with van der Waals surface area (Å²) in [5.41, 5.74) is 0. The maximum atomic E-state index is 12.4. The third-order valence-electron chi connectivity index (χ3n) is 2.93. The number of ether oxygens (including phenoxy) is 2. The molecule has 12 heteroatoms. The number of sulfonamides is 1. The Labute approximate surface area is 149 Å². The summed E-state index contributed by atoms with van der Waals surface area (Å²) >= 11 is 0. The number of urea groups is 1. The molecule has 1 aromatic carbocycles. The predicted octanol–water partition coefficient (Wildman–Crippen LogP) is 0.302. The second-order valence-electron chi connectivity index (χ2n) is 5.04. The van der Waals surface area contributed by atoms with Gasteiger partial charge in [-0.25, -0.2) is 22.6 Å². The minimum Gasteiger partial charge on any atom is -0.484 e. The van der Waals surface area contributed by atoms with Gasteiger partial charge in [0.05, 0.1) is 7.11 Å². The van der Waals surface area contributed by atoms with Crippen molar-refractivity contribution in [3.05, 3.63) is 24.3 Å². The Bertz CT molecular complexity index is 924. The van der Waals surface area contributed by atoms with Gasteiger partial charge in [-0.15, -0.1) is 5.10 Å². The molecule has 26 heavy (non-hydrogen) atoms. The standard InChI is InChI=1S/C14H17N5O6S/c1-9(20)8-25-10-6-4-5-7-11(10)26(22,23)18-13(21)15-12-16-14(24-3)19(2)17-12/h4-7H,8H2,1-3H3,(H2,15,17,18,21). The van der Waals surface area contributed by atoms with Crippen LogP contribution in [0, 0.1) is 0 Å². The number of benzene rings is 1. The van der Waals surface area contributed by atoms with Gasteiger partial charge >= 0.3 is 12.0 Å². The third-order valence-corrected chi connectivity index (χ3v) is 4.30. The molecule has 1 heterocycles. The topological polar surface area (TPSA) is 142 Å². The van der Waals surface area contributed by atoms with Gasteiger partial charge in [0, 0.05) is 7.05 Å². The molecule has 0 radical (unpaired) electrons. The van der Waals surface area contributed by atoms with Crippen molar-refractivity contribution < 1.29 is 27.5 Å². The summed E-state index contributed by atoms with van der Waals surface area (Å²) in [6.45, 7) is 1.01. The average molecular weight is 383 g/mol. The SMILES string of the molecule is COc1nc(NC(=O)NS(=O)(=O)c2ccccc2OCC(C)=O)nn1C. The lowest BCUT2D eigenvalue weighted by Crippen LogP contribution is -2.35. The number of hydrogen-bond donors (Lipinski definition) is 2. The summed E-state index contributed by atoms with van der Waals surface area (Å²) in [4.78, 5) is 26.5. The molecule has 2 N–H and O–H groups in total. The van der Waals surface area contributed by atoms with Gasteiger partial charge in [0.25, 0.3) is 16.0 Å². The second kappa shape index (κ2) is 7.82. The van der Waals surface area contributed by atoms with Gasteiger partial charge in [-0.2, -0.15) is 4.98 Å². The van der Waals surface area contributed by atoms with Crippen molar-refractivity contribution >= 4 is 27.8 Å².